The summed E-state index contributed by atoms with van der Waals surface area (Å²) < 4.78 is 5.77. The molecule has 0 aromatic heterocycles. The average Bonchev–Trinajstić information content (AvgIpc) is 2.55. The fraction of sp³-hybridized carbons (Fsp3) is 0.650. The average molecular weight is 332 g/mol. The fourth-order valence-corrected chi connectivity index (χ4v) is 3.13. The monoisotopic (exact) mass is 332 g/mol. The molecule has 0 saturated carbocycles. The molecule has 1 saturated heterocycles. The second-order valence-electron chi connectivity index (χ2n) is 7.01. The predicted octanol–water partition coefficient (Wildman–Crippen LogP) is 3.60. The summed E-state index contributed by atoms with van der Waals surface area (Å²) in [5.41, 5.74) is 1.28. The third-order valence-corrected chi connectivity index (χ3v) is 4.46. The molecule has 1 fully saturated rings. The summed E-state index contributed by atoms with van der Waals surface area (Å²) in [7, 11) is 0. The number of hydrogen-bond acceptors (Lipinski definition) is 3. The molecule has 1 aromatic carbocycles. The van der Waals surface area contributed by atoms with E-state index in [1.165, 1.54) is 5.56 Å². The van der Waals surface area contributed by atoms with Crippen LogP contribution in [0, 0.1) is 5.92 Å². The fourth-order valence-electron chi connectivity index (χ4n) is 3.13. The number of benzene rings is 1. The van der Waals surface area contributed by atoms with Gasteiger partial charge in [-0.3, -0.25) is 9.69 Å². The molecule has 1 aliphatic rings. The summed E-state index contributed by atoms with van der Waals surface area (Å²) in [6.45, 7) is 9.96. The molecule has 1 aromatic rings. The lowest BCUT2D eigenvalue weighted by atomic mass is 9.95. The van der Waals surface area contributed by atoms with E-state index >= 15 is 0 Å². The van der Waals surface area contributed by atoms with Gasteiger partial charge in [0, 0.05) is 19.0 Å². The van der Waals surface area contributed by atoms with E-state index < -0.39 is 0 Å². The van der Waals surface area contributed by atoms with E-state index in [0.717, 1.165) is 57.6 Å². The van der Waals surface area contributed by atoms with Crippen LogP contribution in [0.4, 0.5) is 0 Å². The van der Waals surface area contributed by atoms with Gasteiger partial charge in [-0.25, -0.2) is 0 Å². The molecule has 4 nitrogen and oxygen atoms in total. The second-order valence-corrected chi connectivity index (χ2v) is 7.01. The van der Waals surface area contributed by atoms with Crippen molar-refractivity contribution in [1.82, 2.24) is 10.2 Å². The van der Waals surface area contributed by atoms with Gasteiger partial charge in [-0.1, -0.05) is 25.5 Å². The second kappa shape index (κ2) is 9.67. The quantitative estimate of drug-likeness (QED) is 0.740. The molecule has 2 rings (SSSR count). The molecule has 0 unspecified atom stereocenters. The van der Waals surface area contributed by atoms with Crippen molar-refractivity contribution in [3.8, 4) is 5.75 Å². The number of nitrogens with one attached hydrogen (secondary N) is 1. The SMILES string of the molecule is CCCCNC(=O)C1CCN(Cc2cccc(OC(C)C)c2)CC1. The maximum absolute atomic E-state index is 12.1. The maximum Gasteiger partial charge on any atom is 0.223 e. The third kappa shape index (κ3) is 6.16. The van der Waals surface area contributed by atoms with Crippen LogP contribution in [0.15, 0.2) is 24.3 Å². The lowest BCUT2D eigenvalue weighted by Crippen LogP contribution is -2.40. The third-order valence-electron chi connectivity index (χ3n) is 4.46. The van der Waals surface area contributed by atoms with Gasteiger partial charge in [0.15, 0.2) is 0 Å². The Kier molecular flexibility index (Phi) is 7.57. The van der Waals surface area contributed by atoms with E-state index in [-0.39, 0.29) is 17.9 Å². The van der Waals surface area contributed by atoms with Crippen LogP contribution in [-0.4, -0.2) is 36.5 Å². The maximum atomic E-state index is 12.1. The summed E-state index contributed by atoms with van der Waals surface area (Å²) >= 11 is 0. The number of hydrogen-bond donors (Lipinski definition) is 1. The minimum absolute atomic E-state index is 0.189. The summed E-state index contributed by atoms with van der Waals surface area (Å²) in [5.74, 6) is 1.37. The number of rotatable bonds is 8. The molecule has 1 amide bonds. The minimum atomic E-state index is 0.189. The molecular weight excluding hydrogens is 300 g/mol. The first kappa shape index (κ1) is 18.8. The van der Waals surface area contributed by atoms with Crippen molar-refractivity contribution in [3.05, 3.63) is 29.8 Å². The van der Waals surface area contributed by atoms with Crippen molar-refractivity contribution in [3.63, 3.8) is 0 Å². The van der Waals surface area contributed by atoms with Gasteiger partial charge in [-0.05, 0) is 63.9 Å². The van der Waals surface area contributed by atoms with Crippen LogP contribution >= 0.6 is 0 Å². The molecular formula is C20H32N2O2. The normalized spacial score (nSPS) is 16.3. The number of ether oxygens (including phenoxy) is 1. The number of amides is 1. The Labute approximate surface area is 146 Å². The highest BCUT2D eigenvalue weighted by Crippen LogP contribution is 2.21. The Morgan fingerprint density at radius 1 is 1.33 bits per heavy atom. The van der Waals surface area contributed by atoms with Crippen LogP contribution in [0.5, 0.6) is 5.75 Å². The Bertz CT molecular complexity index is 508. The molecule has 24 heavy (non-hydrogen) atoms. The van der Waals surface area contributed by atoms with Gasteiger partial charge in [0.25, 0.3) is 0 Å². The van der Waals surface area contributed by atoms with Crippen molar-refractivity contribution in [2.75, 3.05) is 19.6 Å². The smallest absolute Gasteiger partial charge is 0.223 e. The molecule has 0 aliphatic carbocycles. The summed E-state index contributed by atoms with van der Waals surface area (Å²) in [5, 5.41) is 3.07. The standard InChI is InChI=1S/C20H32N2O2/c1-4-5-11-21-20(23)18-9-12-22(13-10-18)15-17-7-6-8-19(14-17)24-16(2)3/h6-8,14,16,18H,4-5,9-13,15H2,1-3H3,(H,21,23). The van der Waals surface area contributed by atoms with E-state index in [1.807, 2.05) is 19.9 Å². The van der Waals surface area contributed by atoms with Crippen LogP contribution in [-0.2, 0) is 11.3 Å². The number of carbonyl (C=O) groups excluding carboxylic acids is 1. The molecule has 0 radical (unpaired) electrons. The highest BCUT2D eigenvalue weighted by atomic mass is 16.5. The van der Waals surface area contributed by atoms with Gasteiger partial charge >= 0.3 is 0 Å². The van der Waals surface area contributed by atoms with Gasteiger partial charge in [-0.15, -0.1) is 0 Å². The summed E-state index contributed by atoms with van der Waals surface area (Å²) in [6, 6.07) is 8.34. The minimum Gasteiger partial charge on any atom is -0.491 e. The highest BCUT2D eigenvalue weighted by molar-refractivity contribution is 5.78. The van der Waals surface area contributed by atoms with Crippen LogP contribution in [0.1, 0.15) is 52.0 Å². The first-order valence-electron chi connectivity index (χ1n) is 9.34. The molecule has 0 bridgehead atoms. The van der Waals surface area contributed by atoms with E-state index in [4.69, 9.17) is 4.74 Å². The van der Waals surface area contributed by atoms with Crippen LogP contribution < -0.4 is 10.1 Å². The lowest BCUT2D eigenvalue weighted by molar-refractivity contribution is -0.126. The van der Waals surface area contributed by atoms with Crippen LogP contribution in [0.3, 0.4) is 0 Å². The summed E-state index contributed by atoms with van der Waals surface area (Å²) in [6.07, 6.45) is 4.31. The molecule has 0 spiro atoms. The zero-order valence-electron chi connectivity index (χ0n) is 15.4. The van der Waals surface area contributed by atoms with Crippen molar-refractivity contribution in [2.45, 2.75) is 59.1 Å². The molecule has 0 atom stereocenters. The Morgan fingerprint density at radius 2 is 2.08 bits per heavy atom. The molecule has 4 heteroatoms. The van der Waals surface area contributed by atoms with Crippen LogP contribution in [0.25, 0.3) is 0 Å². The first-order chi connectivity index (χ1) is 11.6. The Morgan fingerprint density at radius 3 is 2.75 bits per heavy atom. The van der Waals surface area contributed by atoms with E-state index in [0.29, 0.717) is 0 Å². The number of nitrogens with zero attached hydrogens (tertiary/aromatic N) is 1. The largest absolute Gasteiger partial charge is 0.491 e. The van der Waals surface area contributed by atoms with Gasteiger partial charge in [0.1, 0.15) is 5.75 Å². The van der Waals surface area contributed by atoms with Crippen molar-refractivity contribution >= 4 is 5.91 Å². The lowest BCUT2D eigenvalue weighted by Gasteiger charge is -2.31. The van der Waals surface area contributed by atoms with Crippen LogP contribution in [0.2, 0.25) is 0 Å². The molecule has 1 heterocycles. The zero-order valence-corrected chi connectivity index (χ0v) is 15.4. The Balaban J connectivity index is 1.77. The predicted molar refractivity (Wildman–Crippen MR) is 98.1 cm³/mol. The summed E-state index contributed by atoms with van der Waals surface area (Å²) in [4.78, 5) is 14.6. The Hall–Kier alpha value is -1.55. The number of carbonyl (C=O) groups is 1. The highest BCUT2D eigenvalue weighted by Gasteiger charge is 2.24. The zero-order chi connectivity index (χ0) is 17.4. The van der Waals surface area contributed by atoms with Crippen molar-refractivity contribution < 1.29 is 9.53 Å². The van der Waals surface area contributed by atoms with Crippen molar-refractivity contribution in [2.24, 2.45) is 5.92 Å². The number of unbranched alkanes of at least 4 members (excludes halogenated alkanes) is 1. The molecule has 134 valence electrons. The van der Waals surface area contributed by atoms with Crippen molar-refractivity contribution in [1.29, 1.82) is 0 Å². The van der Waals surface area contributed by atoms with Gasteiger partial charge in [0.05, 0.1) is 6.10 Å². The van der Waals surface area contributed by atoms with E-state index in [9.17, 15) is 4.79 Å². The van der Waals surface area contributed by atoms with Gasteiger partial charge in [-0.2, -0.15) is 0 Å². The van der Waals surface area contributed by atoms with E-state index in [2.05, 4.69) is 35.3 Å². The molecule has 1 N–H and O–H groups in total. The number of likely N-dealkylation sites (tertiary alicyclic amines) is 1. The topological polar surface area (TPSA) is 41.6 Å². The first-order valence-corrected chi connectivity index (χ1v) is 9.34. The van der Waals surface area contributed by atoms with Gasteiger partial charge in [0.2, 0.25) is 5.91 Å². The van der Waals surface area contributed by atoms with E-state index in [1.54, 1.807) is 0 Å². The van der Waals surface area contributed by atoms with Gasteiger partial charge < -0.3 is 10.1 Å². The molecule has 1 aliphatic heterocycles. The number of piperidine rings is 1.